The van der Waals surface area contributed by atoms with E-state index in [1.54, 1.807) is 14.2 Å². The molecule has 21 heavy (non-hydrogen) atoms. The minimum atomic E-state index is 0.157. The Balaban J connectivity index is 2.02. The lowest BCUT2D eigenvalue weighted by Gasteiger charge is -2.09. The molecule has 2 aromatic carbocycles. The van der Waals surface area contributed by atoms with Crippen molar-refractivity contribution in [3.05, 3.63) is 59.2 Å². The lowest BCUT2D eigenvalue weighted by Crippen LogP contribution is -2.01. The van der Waals surface area contributed by atoms with Gasteiger partial charge in [-0.3, -0.25) is 4.79 Å². The fourth-order valence-corrected chi connectivity index (χ4v) is 2.18. The quantitative estimate of drug-likeness (QED) is 0.756. The second kappa shape index (κ2) is 6.93. The first-order valence-corrected chi connectivity index (χ1v) is 6.95. The zero-order valence-corrected chi connectivity index (χ0v) is 12.7. The molecule has 0 amide bonds. The summed E-state index contributed by atoms with van der Waals surface area (Å²) >= 11 is 0. The lowest BCUT2D eigenvalue weighted by atomic mass is 10.0. The van der Waals surface area contributed by atoms with E-state index in [2.05, 4.69) is 0 Å². The Morgan fingerprint density at radius 3 is 2.24 bits per heavy atom. The molecule has 0 saturated heterocycles. The van der Waals surface area contributed by atoms with Crippen molar-refractivity contribution in [2.45, 2.75) is 19.8 Å². The van der Waals surface area contributed by atoms with E-state index in [0.29, 0.717) is 24.3 Å². The average molecular weight is 284 g/mol. The molecule has 0 saturated carbocycles. The molecule has 0 heterocycles. The van der Waals surface area contributed by atoms with Gasteiger partial charge >= 0.3 is 0 Å². The van der Waals surface area contributed by atoms with E-state index in [0.717, 1.165) is 16.7 Å². The van der Waals surface area contributed by atoms with E-state index >= 15 is 0 Å². The largest absolute Gasteiger partial charge is 0.493 e. The van der Waals surface area contributed by atoms with Crippen molar-refractivity contribution in [1.29, 1.82) is 0 Å². The minimum Gasteiger partial charge on any atom is -0.493 e. The molecule has 0 spiro atoms. The van der Waals surface area contributed by atoms with Gasteiger partial charge in [-0.1, -0.05) is 35.9 Å². The number of benzene rings is 2. The van der Waals surface area contributed by atoms with Crippen molar-refractivity contribution in [3.8, 4) is 11.5 Å². The predicted molar refractivity (Wildman–Crippen MR) is 83.4 cm³/mol. The molecule has 3 heteroatoms. The number of rotatable bonds is 6. The molecule has 0 radical (unpaired) electrons. The molecular weight excluding hydrogens is 264 g/mol. The van der Waals surface area contributed by atoms with E-state index in [4.69, 9.17) is 9.47 Å². The molecule has 3 nitrogen and oxygen atoms in total. The summed E-state index contributed by atoms with van der Waals surface area (Å²) in [5.41, 5.74) is 2.99. The van der Waals surface area contributed by atoms with Crippen LogP contribution in [0.3, 0.4) is 0 Å². The second-order valence-corrected chi connectivity index (χ2v) is 4.98. The molecule has 0 aliphatic carbocycles. The van der Waals surface area contributed by atoms with Crippen molar-refractivity contribution in [1.82, 2.24) is 0 Å². The van der Waals surface area contributed by atoms with Crippen molar-refractivity contribution < 1.29 is 14.3 Å². The minimum absolute atomic E-state index is 0.157. The van der Waals surface area contributed by atoms with Crippen LogP contribution in [-0.2, 0) is 6.42 Å². The fraction of sp³-hybridized carbons (Fsp3) is 0.278. The van der Waals surface area contributed by atoms with Crippen LogP contribution < -0.4 is 9.47 Å². The van der Waals surface area contributed by atoms with E-state index in [9.17, 15) is 4.79 Å². The van der Waals surface area contributed by atoms with Crippen LogP contribution in [0.5, 0.6) is 11.5 Å². The molecule has 2 aromatic rings. The monoisotopic (exact) mass is 284 g/mol. The summed E-state index contributed by atoms with van der Waals surface area (Å²) in [7, 11) is 3.22. The third-order valence-electron chi connectivity index (χ3n) is 3.46. The van der Waals surface area contributed by atoms with Gasteiger partial charge in [0, 0.05) is 12.0 Å². The van der Waals surface area contributed by atoms with Crippen molar-refractivity contribution in [2.24, 2.45) is 0 Å². The van der Waals surface area contributed by atoms with Gasteiger partial charge in [-0.25, -0.2) is 0 Å². The Kier molecular flexibility index (Phi) is 4.99. The van der Waals surface area contributed by atoms with Crippen LogP contribution in [-0.4, -0.2) is 20.0 Å². The van der Waals surface area contributed by atoms with Crippen LogP contribution in [0, 0.1) is 6.92 Å². The van der Waals surface area contributed by atoms with Gasteiger partial charge in [-0.05, 0) is 31.0 Å². The number of Topliss-reactive ketones (excluding diaryl/α,β-unsaturated/α-hetero) is 1. The van der Waals surface area contributed by atoms with E-state index in [1.807, 2.05) is 49.4 Å². The van der Waals surface area contributed by atoms with E-state index in [1.165, 1.54) is 0 Å². The number of methoxy groups -OCH3 is 2. The summed E-state index contributed by atoms with van der Waals surface area (Å²) in [5.74, 6) is 1.55. The molecule has 2 rings (SSSR count). The highest BCUT2D eigenvalue weighted by molar-refractivity contribution is 5.96. The average Bonchev–Trinajstić information content (AvgIpc) is 2.52. The third kappa shape index (κ3) is 3.85. The van der Waals surface area contributed by atoms with Gasteiger partial charge in [0.15, 0.2) is 17.3 Å². The van der Waals surface area contributed by atoms with Crippen LogP contribution in [0.1, 0.15) is 27.9 Å². The summed E-state index contributed by atoms with van der Waals surface area (Å²) in [6.07, 6.45) is 1.17. The zero-order valence-electron chi connectivity index (χ0n) is 12.7. The van der Waals surface area contributed by atoms with Gasteiger partial charge in [0.25, 0.3) is 0 Å². The molecule has 0 fully saturated rings. The number of carbonyl (C=O) groups excluding carboxylic acids is 1. The van der Waals surface area contributed by atoms with Crippen LogP contribution in [0.15, 0.2) is 42.5 Å². The van der Waals surface area contributed by atoms with Gasteiger partial charge in [-0.15, -0.1) is 0 Å². The predicted octanol–water partition coefficient (Wildman–Crippen LogP) is 3.83. The smallest absolute Gasteiger partial charge is 0.163 e. The molecular formula is C18H20O3. The normalized spacial score (nSPS) is 10.2. The number of aryl methyl sites for hydroxylation is 2. The number of carbonyl (C=O) groups is 1. The van der Waals surface area contributed by atoms with Crippen LogP contribution in [0.4, 0.5) is 0 Å². The fourth-order valence-electron chi connectivity index (χ4n) is 2.18. The number of hydrogen-bond donors (Lipinski definition) is 0. The maximum Gasteiger partial charge on any atom is 0.163 e. The molecule has 110 valence electrons. The zero-order chi connectivity index (χ0) is 15.2. The highest BCUT2D eigenvalue weighted by Crippen LogP contribution is 2.28. The Morgan fingerprint density at radius 2 is 1.62 bits per heavy atom. The molecule has 0 atom stereocenters. The SMILES string of the molecule is COc1ccc(CCC(=O)c2ccc(C)cc2)cc1OC. The van der Waals surface area contributed by atoms with Crippen molar-refractivity contribution >= 4 is 5.78 Å². The molecule has 0 aliphatic heterocycles. The summed E-state index contributed by atoms with van der Waals surface area (Å²) in [6, 6.07) is 13.4. The number of ketones is 1. The van der Waals surface area contributed by atoms with Gasteiger partial charge in [0.1, 0.15) is 0 Å². The first-order valence-electron chi connectivity index (χ1n) is 6.95. The Hall–Kier alpha value is -2.29. The summed E-state index contributed by atoms with van der Waals surface area (Å²) in [4.78, 5) is 12.2. The third-order valence-corrected chi connectivity index (χ3v) is 3.46. The molecule has 0 aliphatic rings. The molecule has 0 bridgehead atoms. The highest BCUT2D eigenvalue weighted by Gasteiger charge is 2.08. The number of ether oxygens (including phenoxy) is 2. The standard InChI is InChI=1S/C18H20O3/c1-13-4-8-15(9-5-13)16(19)10-6-14-7-11-17(20-2)18(12-14)21-3/h4-5,7-9,11-12H,6,10H2,1-3H3. The highest BCUT2D eigenvalue weighted by atomic mass is 16.5. The van der Waals surface area contributed by atoms with E-state index in [-0.39, 0.29) is 5.78 Å². The Morgan fingerprint density at radius 1 is 0.952 bits per heavy atom. The van der Waals surface area contributed by atoms with Crippen molar-refractivity contribution in [3.63, 3.8) is 0 Å². The second-order valence-electron chi connectivity index (χ2n) is 4.98. The van der Waals surface area contributed by atoms with Crippen LogP contribution in [0.2, 0.25) is 0 Å². The first-order chi connectivity index (χ1) is 10.1. The molecule has 0 unspecified atom stereocenters. The van der Waals surface area contributed by atoms with Gasteiger partial charge in [0.2, 0.25) is 0 Å². The lowest BCUT2D eigenvalue weighted by molar-refractivity contribution is 0.0983. The Bertz CT molecular complexity index is 615. The first kappa shape index (κ1) is 15.1. The van der Waals surface area contributed by atoms with Crippen LogP contribution in [0.25, 0.3) is 0 Å². The topological polar surface area (TPSA) is 35.5 Å². The summed E-state index contributed by atoms with van der Waals surface area (Å²) in [5, 5.41) is 0. The van der Waals surface area contributed by atoms with Gasteiger partial charge in [0.05, 0.1) is 14.2 Å². The summed E-state index contributed by atoms with van der Waals surface area (Å²) < 4.78 is 10.5. The van der Waals surface area contributed by atoms with E-state index < -0.39 is 0 Å². The van der Waals surface area contributed by atoms with Crippen LogP contribution >= 0.6 is 0 Å². The Labute approximate surface area is 125 Å². The molecule has 0 aromatic heterocycles. The van der Waals surface area contributed by atoms with Gasteiger partial charge < -0.3 is 9.47 Å². The molecule has 0 N–H and O–H groups in total. The maximum absolute atomic E-state index is 12.2. The van der Waals surface area contributed by atoms with Crippen molar-refractivity contribution in [2.75, 3.05) is 14.2 Å². The maximum atomic E-state index is 12.2. The number of hydrogen-bond acceptors (Lipinski definition) is 3. The van der Waals surface area contributed by atoms with Gasteiger partial charge in [-0.2, -0.15) is 0 Å². The summed E-state index contributed by atoms with van der Waals surface area (Å²) in [6.45, 7) is 2.01.